The molecular weight excluding hydrogens is 192 g/mol. The Balaban J connectivity index is 2.03. The number of hydrogen-bond donors (Lipinski definition) is 1. The molecule has 0 amide bonds. The van der Waals surface area contributed by atoms with Crippen LogP contribution in [0.4, 0.5) is 0 Å². The standard InChI is InChI=1S/C11H20N2S/c1-10(2)7-8-14-9(12-10)13-11(3)5-4-6-11/h4-8H2,1-3H3,(H,12,13). The average Bonchev–Trinajstić information content (AvgIpc) is 1.99. The minimum atomic E-state index is 0.240. The molecule has 14 heavy (non-hydrogen) atoms. The zero-order valence-electron chi connectivity index (χ0n) is 9.39. The van der Waals surface area contributed by atoms with E-state index in [-0.39, 0.29) is 11.1 Å². The van der Waals surface area contributed by atoms with Gasteiger partial charge in [-0.05, 0) is 46.5 Å². The first-order chi connectivity index (χ1) is 6.49. The Morgan fingerprint density at radius 2 is 1.93 bits per heavy atom. The Kier molecular flexibility index (Phi) is 2.54. The number of aliphatic imine (C=N–C) groups is 1. The summed E-state index contributed by atoms with van der Waals surface area (Å²) in [5, 5.41) is 4.70. The van der Waals surface area contributed by atoms with Crippen molar-refractivity contribution in [1.82, 2.24) is 5.32 Å². The molecule has 0 atom stereocenters. The highest BCUT2D eigenvalue weighted by atomic mass is 32.2. The van der Waals surface area contributed by atoms with Crippen LogP contribution in [0.5, 0.6) is 0 Å². The van der Waals surface area contributed by atoms with E-state index in [4.69, 9.17) is 4.99 Å². The minimum Gasteiger partial charge on any atom is -0.360 e. The molecule has 1 aliphatic heterocycles. The second-order valence-electron chi connectivity index (χ2n) is 5.37. The fourth-order valence-corrected chi connectivity index (χ4v) is 3.34. The summed E-state index contributed by atoms with van der Waals surface area (Å²) in [6, 6.07) is 0. The fourth-order valence-electron chi connectivity index (χ4n) is 1.90. The van der Waals surface area contributed by atoms with Crippen LogP contribution in [0.2, 0.25) is 0 Å². The van der Waals surface area contributed by atoms with Gasteiger partial charge in [0.15, 0.2) is 5.17 Å². The summed E-state index contributed by atoms with van der Waals surface area (Å²) in [5.74, 6) is 1.20. The summed E-state index contributed by atoms with van der Waals surface area (Å²) in [6.45, 7) is 6.78. The van der Waals surface area contributed by atoms with Gasteiger partial charge < -0.3 is 5.32 Å². The molecule has 0 bridgehead atoms. The van der Waals surface area contributed by atoms with E-state index < -0.39 is 0 Å². The lowest BCUT2D eigenvalue weighted by molar-refractivity contribution is 0.278. The molecule has 1 saturated carbocycles. The SMILES string of the molecule is CC1(N=C2NC(C)(C)CCS2)CCC1. The Labute approximate surface area is 90.9 Å². The van der Waals surface area contributed by atoms with Gasteiger partial charge in [-0.25, -0.2) is 0 Å². The maximum Gasteiger partial charge on any atom is 0.157 e. The lowest BCUT2D eigenvalue weighted by Gasteiger charge is -2.38. The van der Waals surface area contributed by atoms with Gasteiger partial charge in [0.2, 0.25) is 0 Å². The molecule has 0 aromatic carbocycles. The van der Waals surface area contributed by atoms with E-state index in [1.54, 1.807) is 0 Å². The molecule has 2 nitrogen and oxygen atoms in total. The summed E-state index contributed by atoms with van der Waals surface area (Å²) >= 11 is 1.88. The van der Waals surface area contributed by atoms with Crippen LogP contribution in [0.3, 0.4) is 0 Å². The predicted octanol–water partition coefficient (Wildman–Crippen LogP) is 2.79. The van der Waals surface area contributed by atoms with E-state index in [1.165, 1.54) is 36.6 Å². The molecule has 1 N–H and O–H groups in total. The van der Waals surface area contributed by atoms with Gasteiger partial charge in [-0.2, -0.15) is 0 Å². The Hall–Kier alpha value is -0.180. The number of nitrogens with one attached hydrogen (secondary N) is 1. The smallest absolute Gasteiger partial charge is 0.157 e. The van der Waals surface area contributed by atoms with Crippen molar-refractivity contribution in [2.24, 2.45) is 4.99 Å². The second kappa shape index (κ2) is 3.44. The molecule has 1 aliphatic carbocycles. The zero-order chi connectivity index (χ0) is 10.2. The van der Waals surface area contributed by atoms with Crippen LogP contribution >= 0.6 is 11.8 Å². The van der Waals surface area contributed by atoms with Crippen LogP contribution in [0, 0.1) is 0 Å². The van der Waals surface area contributed by atoms with Gasteiger partial charge in [0.05, 0.1) is 5.54 Å². The summed E-state index contributed by atoms with van der Waals surface area (Å²) in [4.78, 5) is 4.84. The number of nitrogens with zero attached hydrogens (tertiary/aromatic N) is 1. The lowest BCUT2D eigenvalue weighted by atomic mass is 9.79. The number of rotatable bonds is 1. The molecule has 2 rings (SSSR count). The summed E-state index contributed by atoms with van der Waals surface area (Å²) in [7, 11) is 0. The van der Waals surface area contributed by atoms with Crippen molar-refractivity contribution in [3.63, 3.8) is 0 Å². The summed E-state index contributed by atoms with van der Waals surface area (Å²) < 4.78 is 0. The van der Waals surface area contributed by atoms with Gasteiger partial charge in [0, 0.05) is 11.3 Å². The lowest BCUT2D eigenvalue weighted by Crippen LogP contribution is -2.47. The Morgan fingerprint density at radius 1 is 1.21 bits per heavy atom. The average molecular weight is 212 g/mol. The van der Waals surface area contributed by atoms with Crippen molar-refractivity contribution >= 4 is 16.9 Å². The van der Waals surface area contributed by atoms with Crippen LogP contribution in [-0.4, -0.2) is 22.0 Å². The maximum atomic E-state index is 4.84. The number of hydrogen-bond acceptors (Lipinski definition) is 2. The van der Waals surface area contributed by atoms with Crippen molar-refractivity contribution in [2.75, 3.05) is 5.75 Å². The first-order valence-electron chi connectivity index (χ1n) is 5.50. The molecule has 0 spiro atoms. The molecule has 0 radical (unpaired) electrons. The van der Waals surface area contributed by atoms with Crippen LogP contribution in [0.25, 0.3) is 0 Å². The summed E-state index contributed by atoms with van der Waals surface area (Å²) in [6.07, 6.45) is 5.10. The van der Waals surface area contributed by atoms with Gasteiger partial charge in [-0.15, -0.1) is 0 Å². The minimum absolute atomic E-state index is 0.240. The van der Waals surface area contributed by atoms with E-state index in [0.29, 0.717) is 0 Å². The molecule has 0 aromatic heterocycles. The molecular formula is C11H20N2S. The monoisotopic (exact) mass is 212 g/mol. The largest absolute Gasteiger partial charge is 0.360 e. The van der Waals surface area contributed by atoms with E-state index in [9.17, 15) is 0 Å². The third-order valence-corrected chi connectivity index (χ3v) is 4.09. The first-order valence-corrected chi connectivity index (χ1v) is 6.49. The topological polar surface area (TPSA) is 24.4 Å². The quantitative estimate of drug-likeness (QED) is 0.723. The highest BCUT2D eigenvalue weighted by Gasteiger charge is 2.33. The van der Waals surface area contributed by atoms with Crippen molar-refractivity contribution in [3.8, 4) is 0 Å². The molecule has 2 aliphatic rings. The second-order valence-corrected chi connectivity index (χ2v) is 6.46. The molecule has 1 saturated heterocycles. The van der Waals surface area contributed by atoms with E-state index >= 15 is 0 Å². The number of amidine groups is 1. The molecule has 0 aromatic rings. The van der Waals surface area contributed by atoms with Crippen LogP contribution in [0.1, 0.15) is 46.5 Å². The molecule has 3 heteroatoms. The van der Waals surface area contributed by atoms with Gasteiger partial charge in [0.25, 0.3) is 0 Å². The van der Waals surface area contributed by atoms with Gasteiger partial charge >= 0.3 is 0 Å². The fraction of sp³-hybridized carbons (Fsp3) is 0.909. The van der Waals surface area contributed by atoms with Crippen molar-refractivity contribution in [3.05, 3.63) is 0 Å². The molecule has 0 unspecified atom stereocenters. The van der Waals surface area contributed by atoms with Crippen LogP contribution < -0.4 is 5.32 Å². The van der Waals surface area contributed by atoms with E-state index in [2.05, 4.69) is 26.1 Å². The highest BCUT2D eigenvalue weighted by molar-refractivity contribution is 8.13. The summed E-state index contributed by atoms with van der Waals surface area (Å²) in [5.41, 5.74) is 0.493. The first kappa shape index (κ1) is 10.3. The maximum absolute atomic E-state index is 4.84. The van der Waals surface area contributed by atoms with Crippen LogP contribution in [-0.2, 0) is 0 Å². The molecule has 80 valence electrons. The van der Waals surface area contributed by atoms with Crippen molar-refractivity contribution in [1.29, 1.82) is 0 Å². The third-order valence-electron chi connectivity index (χ3n) is 3.21. The van der Waals surface area contributed by atoms with Crippen molar-refractivity contribution < 1.29 is 0 Å². The molecule has 2 fully saturated rings. The van der Waals surface area contributed by atoms with E-state index in [0.717, 1.165) is 0 Å². The van der Waals surface area contributed by atoms with Crippen molar-refractivity contribution in [2.45, 2.75) is 57.5 Å². The number of thioether (sulfide) groups is 1. The van der Waals surface area contributed by atoms with Gasteiger partial charge in [-0.3, -0.25) is 4.99 Å². The Bertz CT molecular complexity index is 254. The molecule has 1 heterocycles. The predicted molar refractivity (Wildman–Crippen MR) is 64.0 cm³/mol. The van der Waals surface area contributed by atoms with Crippen LogP contribution in [0.15, 0.2) is 4.99 Å². The normalized spacial score (nSPS) is 32.1. The Morgan fingerprint density at radius 3 is 2.43 bits per heavy atom. The van der Waals surface area contributed by atoms with E-state index in [1.807, 2.05) is 11.8 Å². The third kappa shape index (κ3) is 2.25. The van der Waals surface area contributed by atoms with Gasteiger partial charge in [-0.1, -0.05) is 11.8 Å². The zero-order valence-corrected chi connectivity index (χ0v) is 10.2. The van der Waals surface area contributed by atoms with Gasteiger partial charge in [0.1, 0.15) is 0 Å². The highest BCUT2D eigenvalue weighted by Crippen LogP contribution is 2.36.